The highest BCUT2D eigenvalue weighted by Crippen LogP contribution is 2.21. The Bertz CT molecular complexity index is 941. The van der Waals surface area contributed by atoms with Gasteiger partial charge in [-0.3, -0.25) is 14.6 Å². The second kappa shape index (κ2) is 6.36. The average molecular weight is 331 g/mol. The van der Waals surface area contributed by atoms with Crippen LogP contribution in [0.1, 0.15) is 33.6 Å². The third-order valence-electron chi connectivity index (χ3n) is 4.24. The smallest absolute Gasteiger partial charge is 0.256 e. The zero-order valence-corrected chi connectivity index (χ0v) is 13.5. The molecule has 1 aliphatic carbocycles. The first-order valence-corrected chi connectivity index (χ1v) is 8.26. The van der Waals surface area contributed by atoms with E-state index in [0.29, 0.717) is 22.9 Å². The first-order chi connectivity index (χ1) is 12.2. The molecule has 1 aromatic heterocycles. The lowest BCUT2D eigenvalue weighted by Gasteiger charge is -2.09. The number of aromatic nitrogens is 1. The zero-order chi connectivity index (χ0) is 17.2. The molecule has 2 amide bonds. The highest BCUT2D eigenvalue weighted by Gasteiger charge is 2.23. The Hall–Kier alpha value is -3.21. The number of fused-ring (bicyclic) bond motifs is 1. The molecule has 0 radical (unpaired) electrons. The third kappa shape index (κ3) is 3.35. The Balaban J connectivity index is 1.51. The molecule has 124 valence electrons. The SMILES string of the molecule is O=C(NC1CC1)c1ccc(NC(=O)c2cccc3cnccc23)cc1. The number of nitrogens with zero attached hydrogens (tertiary/aromatic N) is 1. The molecule has 0 spiro atoms. The van der Waals surface area contributed by atoms with E-state index >= 15 is 0 Å². The van der Waals surface area contributed by atoms with Gasteiger partial charge in [-0.2, -0.15) is 0 Å². The van der Waals surface area contributed by atoms with E-state index in [2.05, 4.69) is 15.6 Å². The third-order valence-corrected chi connectivity index (χ3v) is 4.24. The van der Waals surface area contributed by atoms with Crippen LogP contribution in [-0.4, -0.2) is 22.8 Å². The summed E-state index contributed by atoms with van der Waals surface area (Å²) < 4.78 is 0. The monoisotopic (exact) mass is 331 g/mol. The highest BCUT2D eigenvalue weighted by atomic mass is 16.2. The van der Waals surface area contributed by atoms with E-state index in [1.165, 1.54) is 0 Å². The summed E-state index contributed by atoms with van der Waals surface area (Å²) in [4.78, 5) is 28.7. The van der Waals surface area contributed by atoms with Crippen LogP contribution >= 0.6 is 0 Å². The van der Waals surface area contributed by atoms with Crippen LogP contribution in [0.5, 0.6) is 0 Å². The predicted octanol–water partition coefficient (Wildman–Crippen LogP) is 3.38. The van der Waals surface area contributed by atoms with Crippen LogP contribution in [0, 0.1) is 0 Å². The van der Waals surface area contributed by atoms with Crippen molar-refractivity contribution in [3.05, 3.63) is 72.1 Å². The van der Waals surface area contributed by atoms with E-state index < -0.39 is 0 Å². The van der Waals surface area contributed by atoms with E-state index in [1.807, 2.05) is 18.2 Å². The number of nitrogens with one attached hydrogen (secondary N) is 2. The molecule has 3 aromatic rings. The summed E-state index contributed by atoms with van der Waals surface area (Å²) in [6.07, 6.45) is 5.52. The van der Waals surface area contributed by atoms with Crippen molar-refractivity contribution in [3.63, 3.8) is 0 Å². The Morgan fingerprint density at radius 1 is 0.960 bits per heavy atom. The van der Waals surface area contributed by atoms with Gasteiger partial charge < -0.3 is 10.6 Å². The number of benzene rings is 2. The van der Waals surface area contributed by atoms with Crippen molar-refractivity contribution in [1.29, 1.82) is 0 Å². The first-order valence-electron chi connectivity index (χ1n) is 8.26. The van der Waals surface area contributed by atoms with Gasteiger partial charge in [0, 0.05) is 40.6 Å². The number of rotatable bonds is 4. The van der Waals surface area contributed by atoms with Crippen molar-refractivity contribution < 1.29 is 9.59 Å². The fourth-order valence-corrected chi connectivity index (χ4v) is 2.72. The largest absolute Gasteiger partial charge is 0.349 e. The van der Waals surface area contributed by atoms with E-state index in [4.69, 9.17) is 0 Å². The molecule has 0 saturated heterocycles. The number of carbonyl (C=O) groups excluding carboxylic acids is 2. The number of carbonyl (C=O) groups is 2. The average Bonchev–Trinajstić information content (AvgIpc) is 3.45. The molecule has 1 aliphatic rings. The lowest BCUT2D eigenvalue weighted by atomic mass is 10.1. The van der Waals surface area contributed by atoms with Crippen molar-refractivity contribution in [2.24, 2.45) is 0 Å². The zero-order valence-electron chi connectivity index (χ0n) is 13.5. The summed E-state index contributed by atoms with van der Waals surface area (Å²) in [5, 5.41) is 7.60. The Labute approximate surface area is 145 Å². The standard InChI is InChI=1S/C20H17N3O2/c24-19(22-16-8-9-16)13-4-6-15(7-5-13)23-20(25)18-3-1-2-14-12-21-11-10-17(14)18/h1-7,10-12,16H,8-9H2,(H,22,24)(H,23,25). The van der Waals surface area contributed by atoms with E-state index in [9.17, 15) is 9.59 Å². The highest BCUT2D eigenvalue weighted by molar-refractivity contribution is 6.12. The van der Waals surface area contributed by atoms with Gasteiger partial charge in [0.05, 0.1) is 0 Å². The maximum absolute atomic E-state index is 12.6. The lowest BCUT2D eigenvalue weighted by Crippen LogP contribution is -2.25. The van der Waals surface area contributed by atoms with Gasteiger partial charge in [-0.1, -0.05) is 12.1 Å². The second-order valence-electron chi connectivity index (χ2n) is 6.18. The summed E-state index contributed by atoms with van der Waals surface area (Å²) in [7, 11) is 0. The molecule has 5 heteroatoms. The minimum absolute atomic E-state index is 0.0677. The summed E-state index contributed by atoms with van der Waals surface area (Å²) in [5.41, 5.74) is 1.84. The van der Waals surface area contributed by atoms with Crippen molar-refractivity contribution in [2.75, 3.05) is 5.32 Å². The fraction of sp³-hybridized carbons (Fsp3) is 0.150. The Kier molecular flexibility index (Phi) is 3.90. The number of pyridine rings is 1. The Morgan fingerprint density at radius 2 is 1.76 bits per heavy atom. The van der Waals surface area contributed by atoms with Gasteiger partial charge in [0.15, 0.2) is 0 Å². The van der Waals surface area contributed by atoms with Crippen molar-refractivity contribution in [2.45, 2.75) is 18.9 Å². The topological polar surface area (TPSA) is 71.1 Å². The molecule has 2 N–H and O–H groups in total. The van der Waals surface area contributed by atoms with Crippen molar-refractivity contribution in [1.82, 2.24) is 10.3 Å². The van der Waals surface area contributed by atoms with Crippen molar-refractivity contribution in [3.8, 4) is 0 Å². The summed E-state index contributed by atoms with van der Waals surface area (Å²) in [6, 6.07) is 14.6. The van der Waals surface area contributed by atoms with Gasteiger partial charge in [-0.25, -0.2) is 0 Å². The molecule has 1 saturated carbocycles. The van der Waals surface area contributed by atoms with Crippen molar-refractivity contribution >= 4 is 28.3 Å². The Morgan fingerprint density at radius 3 is 2.52 bits per heavy atom. The quantitative estimate of drug-likeness (QED) is 0.770. The van der Waals surface area contributed by atoms with Gasteiger partial charge in [-0.15, -0.1) is 0 Å². The molecule has 0 atom stereocenters. The summed E-state index contributed by atoms with van der Waals surface area (Å²) in [6.45, 7) is 0. The fourth-order valence-electron chi connectivity index (χ4n) is 2.72. The first kappa shape index (κ1) is 15.3. The van der Waals surface area contributed by atoms with E-state index in [0.717, 1.165) is 23.6 Å². The number of amides is 2. The van der Waals surface area contributed by atoms with Crippen LogP contribution in [0.4, 0.5) is 5.69 Å². The number of hydrogen-bond acceptors (Lipinski definition) is 3. The minimum Gasteiger partial charge on any atom is -0.349 e. The summed E-state index contributed by atoms with van der Waals surface area (Å²) >= 11 is 0. The lowest BCUT2D eigenvalue weighted by molar-refractivity contribution is 0.0950. The molecule has 4 rings (SSSR count). The molecule has 0 bridgehead atoms. The molecule has 0 aliphatic heterocycles. The van der Waals surface area contributed by atoms with E-state index in [1.54, 1.807) is 42.7 Å². The molecular formula is C20H17N3O2. The van der Waals surface area contributed by atoms with Crippen LogP contribution in [-0.2, 0) is 0 Å². The molecular weight excluding hydrogens is 314 g/mol. The molecule has 25 heavy (non-hydrogen) atoms. The predicted molar refractivity (Wildman–Crippen MR) is 96.6 cm³/mol. The van der Waals surface area contributed by atoms with Crippen LogP contribution < -0.4 is 10.6 Å². The van der Waals surface area contributed by atoms with E-state index in [-0.39, 0.29) is 11.8 Å². The van der Waals surface area contributed by atoms with Gasteiger partial charge in [0.25, 0.3) is 11.8 Å². The molecule has 5 nitrogen and oxygen atoms in total. The normalized spacial score (nSPS) is 13.4. The second-order valence-corrected chi connectivity index (χ2v) is 6.18. The van der Waals surface area contributed by atoms with Crippen LogP contribution in [0.15, 0.2) is 60.9 Å². The van der Waals surface area contributed by atoms with Gasteiger partial charge in [0.2, 0.25) is 0 Å². The van der Waals surface area contributed by atoms with Crippen LogP contribution in [0.3, 0.4) is 0 Å². The van der Waals surface area contributed by atoms with Crippen LogP contribution in [0.25, 0.3) is 10.8 Å². The maximum Gasteiger partial charge on any atom is 0.256 e. The molecule has 2 aromatic carbocycles. The molecule has 1 heterocycles. The summed E-state index contributed by atoms with van der Waals surface area (Å²) in [5.74, 6) is -0.256. The van der Waals surface area contributed by atoms with Gasteiger partial charge in [0.1, 0.15) is 0 Å². The minimum atomic E-state index is -0.188. The maximum atomic E-state index is 12.6. The van der Waals surface area contributed by atoms with Gasteiger partial charge >= 0.3 is 0 Å². The molecule has 1 fully saturated rings. The number of hydrogen-bond donors (Lipinski definition) is 2. The molecule has 0 unspecified atom stereocenters. The van der Waals surface area contributed by atoms with Gasteiger partial charge in [-0.05, 0) is 54.6 Å². The van der Waals surface area contributed by atoms with Crippen LogP contribution in [0.2, 0.25) is 0 Å². The number of anilines is 1.